The van der Waals surface area contributed by atoms with Crippen molar-refractivity contribution in [2.45, 2.75) is 53.4 Å². The molecule has 0 radical (unpaired) electrons. The first-order valence-corrected chi connectivity index (χ1v) is 6.39. The molecule has 14 heavy (non-hydrogen) atoms. The minimum Gasteiger partial charge on any atom is -0.255 e. The van der Waals surface area contributed by atoms with Crippen LogP contribution in [0.5, 0.6) is 0 Å². The smallest absolute Gasteiger partial charge is 0.0947 e. The predicted octanol–water partition coefficient (Wildman–Crippen LogP) is 1.73. The van der Waals surface area contributed by atoms with Gasteiger partial charge in [-0.15, -0.1) is 0 Å². The zero-order valence-corrected chi connectivity index (χ0v) is 10.6. The molecule has 0 amide bonds. The Labute approximate surface area is 90.2 Å². The molecular weight excluding hydrogens is 172 g/mol. The molecule has 0 rings (SSSR count). The molecule has 0 saturated heterocycles. The molecule has 0 aromatic carbocycles. The van der Waals surface area contributed by atoms with Gasteiger partial charge in [-0.2, -0.15) is 5.01 Å². The van der Waals surface area contributed by atoms with Gasteiger partial charge in [0.1, 0.15) is 0 Å². The highest BCUT2D eigenvalue weighted by Crippen LogP contribution is 1.85. The van der Waals surface area contributed by atoms with Crippen LogP contribution in [-0.2, 0) is 0 Å². The second kappa shape index (κ2) is 9.47. The Balaban J connectivity index is 3.92. The molecule has 86 valence electrons. The summed E-state index contributed by atoms with van der Waals surface area (Å²) in [6, 6.07) is 0. The van der Waals surface area contributed by atoms with Gasteiger partial charge in [-0.25, -0.2) is 0 Å². The normalized spacial score (nSPS) is 11.6. The van der Waals surface area contributed by atoms with Gasteiger partial charge in [0.05, 0.1) is 13.1 Å². The third-order valence-corrected chi connectivity index (χ3v) is 2.85. The van der Waals surface area contributed by atoms with E-state index < -0.39 is 0 Å². The van der Waals surface area contributed by atoms with E-state index in [0.29, 0.717) is 0 Å². The van der Waals surface area contributed by atoms with Crippen molar-refractivity contribution in [2.75, 3.05) is 26.2 Å². The number of nitrogens with one attached hydrogen (secondary N) is 1. The van der Waals surface area contributed by atoms with Gasteiger partial charge in [-0.05, 0) is 26.7 Å². The first-order chi connectivity index (χ1) is 6.79. The molecule has 0 aliphatic heterocycles. The van der Waals surface area contributed by atoms with Gasteiger partial charge >= 0.3 is 0 Å². The van der Waals surface area contributed by atoms with E-state index in [-0.39, 0.29) is 0 Å². The van der Waals surface area contributed by atoms with Crippen molar-refractivity contribution in [1.29, 1.82) is 0 Å². The van der Waals surface area contributed by atoms with Crippen molar-refractivity contribution in [3.05, 3.63) is 0 Å². The number of quaternary nitrogens is 1. The fourth-order valence-corrected chi connectivity index (χ4v) is 1.87. The van der Waals surface area contributed by atoms with E-state index in [0.717, 1.165) is 0 Å². The summed E-state index contributed by atoms with van der Waals surface area (Å²) in [4.78, 5) is 0. The summed E-state index contributed by atoms with van der Waals surface area (Å²) in [5, 5.41) is 4.24. The average molecular weight is 201 g/mol. The Morgan fingerprint density at radius 2 is 1.21 bits per heavy atom. The van der Waals surface area contributed by atoms with Gasteiger partial charge in [0, 0.05) is 13.1 Å². The van der Waals surface area contributed by atoms with E-state index >= 15 is 0 Å². The Hall–Kier alpha value is -0.0800. The highest BCUT2D eigenvalue weighted by Gasteiger charge is 2.14. The molecule has 0 atom stereocenters. The lowest BCUT2D eigenvalue weighted by Gasteiger charge is -2.29. The minimum atomic E-state index is 1.18. The molecule has 0 unspecified atom stereocenters. The zero-order chi connectivity index (χ0) is 10.8. The summed E-state index contributed by atoms with van der Waals surface area (Å²) in [7, 11) is 0. The van der Waals surface area contributed by atoms with Crippen LogP contribution in [0.15, 0.2) is 0 Å². The van der Waals surface area contributed by atoms with Crippen LogP contribution >= 0.6 is 0 Å². The molecule has 2 nitrogen and oxygen atoms in total. The predicted molar refractivity (Wildman–Crippen MR) is 63.4 cm³/mol. The Morgan fingerprint density at radius 3 is 1.50 bits per heavy atom. The molecule has 0 aromatic heterocycles. The van der Waals surface area contributed by atoms with E-state index in [1.165, 1.54) is 51.9 Å². The second-order valence-electron chi connectivity index (χ2n) is 3.95. The van der Waals surface area contributed by atoms with Crippen LogP contribution in [0.1, 0.15) is 53.4 Å². The van der Waals surface area contributed by atoms with E-state index in [9.17, 15) is 0 Å². The molecular formula is C12H29N2+. The molecule has 0 bridgehead atoms. The molecule has 2 heteroatoms. The third kappa shape index (κ3) is 5.61. The topological polar surface area (TPSA) is 7.68 Å². The van der Waals surface area contributed by atoms with Crippen molar-refractivity contribution in [3.8, 4) is 0 Å². The van der Waals surface area contributed by atoms with Gasteiger partial charge in [-0.1, -0.05) is 26.7 Å². The van der Waals surface area contributed by atoms with Gasteiger partial charge in [0.15, 0.2) is 0 Å². The fourth-order valence-electron chi connectivity index (χ4n) is 1.87. The summed E-state index contributed by atoms with van der Waals surface area (Å²) < 4.78 is 0. The summed E-state index contributed by atoms with van der Waals surface area (Å²) in [6.07, 6.45) is 5.35. The number of nitrogens with zero attached hydrogens (tertiary/aromatic N) is 1. The first kappa shape index (κ1) is 13.9. The van der Waals surface area contributed by atoms with Crippen LogP contribution in [0, 0.1) is 0 Å². The minimum absolute atomic E-state index is 1.18. The van der Waals surface area contributed by atoms with E-state index in [1.807, 2.05) is 0 Å². The molecule has 0 spiro atoms. The largest absolute Gasteiger partial charge is 0.255 e. The Morgan fingerprint density at radius 1 is 0.786 bits per heavy atom. The van der Waals surface area contributed by atoms with Gasteiger partial charge in [0.25, 0.3) is 0 Å². The zero-order valence-electron chi connectivity index (χ0n) is 10.6. The van der Waals surface area contributed by atoms with Crippen molar-refractivity contribution in [1.82, 2.24) is 5.01 Å². The van der Waals surface area contributed by atoms with Gasteiger partial charge in [-0.3, -0.25) is 5.01 Å². The third-order valence-electron chi connectivity index (χ3n) is 2.85. The molecule has 0 aliphatic carbocycles. The lowest BCUT2D eigenvalue weighted by Crippen LogP contribution is -3.18. The summed E-state index contributed by atoms with van der Waals surface area (Å²) in [5.74, 6) is 0. The van der Waals surface area contributed by atoms with Crippen LogP contribution in [0.3, 0.4) is 0 Å². The van der Waals surface area contributed by atoms with Gasteiger partial charge < -0.3 is 0 Å². The Kier molecular flexibility index (Phi) is 9.42. The molecule has 0 saturated carbocycles. The molecule has 0 aliphatic rings. The lowest BCUT2D eigenvalue weighted by atomic mass is 10.3. The monoisotopic (exact) mass is 201 g/mol. The van der Waals surface area contributed by atoms with Crippen LogP contribution in [0.25, 0.3) is 0 Å². The standard InChI is InChI=1S/C12H28N2/c1-5-9-11-14(12-10-6-2)13(7-3)8-4/h5-12H2,1-4H3/p+1. The number of unbranched alkanes of at least 4 members (excludes halogenated alkanes) is 2. The maximum Gasteiger partial charge on any atom is 0.0947 e. The highest BCUT2D eigenvalue weighted by molar-refractivity contribution is 4.37. The molecule has 0 heterocycles. The maximum atomic E-state index is 2.55. The summed E-state index contributed by atoms with van der Waals surface area (Å²) in [6.45, 7) is 14.1. The second-order valence-corrected chi connectivity index (χ2v) is 3.95. The summed E-state index contributed by atoms with van der Waals surface area (Å²) >= 11 is 0. The molecule has 1 N–H and O–H groups in total. The molecule has 0 aromatic rings. The van der Waals surface area contributed by atoms with Crippen LogP contribution in [0.4, 0.5) is 0 Å². The van der Waals surface area contributed by atoms with Crippen molar-refractivity contribution >= 4 is 0 Å². The maximum absolute atomic E-state index is 2.55. The number of rotatable bonds is 9. The first-order valence-electron chi connectivity index (χ1n) is 6.39. The quantitative estimate of drug-likeness (QED) is 0.558. The van der Waals surface area contributed by atoms with E-state index in [1.54, 1.807) is 5.01 Å². The highest BCUT2D eigenvalue weighted by atomic mass is 15.6. The molecule has 0 fully saturated rings. The summed E-state index contributed by atoms with van der Waals surface area (Å²) in [5.41, 5.74) is 0. The average Bonchev–Trinajstić information content (AvgIpc) is 2.22. The lowest BCUT2D eigenvalue weighted by molar-refractivity contribution is -1.02. The van der Waals surface area contributed by atoms with Crippen LogP contribution in [-0.4, -0.2) is 31.2 Å². The van der Waals surface area contributed by atoms with Crippen LogP contribution < -0.4 is 5.01 Å². The SMILES string of the molecule is CCCC[NH+](CCCC)N(CC)CC. The number of hydrogen-bond acceptors (Lipinski definition) is 1. The van der Waals surface area contributed by atoms with E-state index in [4.69, 9.17) is 0 Å². The van der Waals surface area contributed by atoms with Crippen molar-refractivity contribution in [2.24, 2.45) is 0 Å². The van der Waals surface area contributed by atoms with E-state index in [2.05, 4.69) is 32.7 Å². The van der Waals surface area contributed by atoms with Crippen LogP contribution in [0.2, 0.25) is 0 Å². The number of hydrogen-bond donors (Lipinski definition) is 1. The van der Waals surface area contributed by atoms with Gasteiger partial charge in [0.2, 0.25) is 0 Å². The van der Waals surface area contributed by atoms with Crippen molar-refractivity contribution in [3.63, 3.8) is 0 Å². The fraction of sp³-hybridized carbons (Fsp3) is 1.00. The Bertz CT molecular complexity index is 103. The van der Waals surface area contributed by atoms with Crippen molar-refractivity contribution < 1.29 is 5.01 Å².